The van der Waals surface area contributed by atoms with Crippen LogP contribution in [-0.4, -0.2) is 32.2 Å². The summed E-state index contributed by atoms with van der Waals surface area (Å²) in [6.45, 7) is 4.10. The molecule has 8 nitrogen and oxygen atoms in total. The summed E-state index contributed by atoms with van der Waals surface area (Å²) in [7, 11) is 0. The Bertz CT molecular complexity index is 1100. The van der Waals surface area contributed by atoms with Crippen LogP contribution in [0, 0.1) is 6.92 Å². The second-order valence-electron chi connectivity index (χ2n) is 5.75. The average molecular weight is 375 g/mol. The van der Waals surface area contributed by atoms with Crippen molar-refractivity contribution in [1.82, 2.24) is 14.5 Å². The van der Waals surface area contributed by atoms with Crippen LogP contribution >= 0.6 is 11.3 Å². The van der Waals surface area contributed by atoms with Crippen molar-refractivity contribution in [3.05, 3.63) is 55.3 Å². The molecule has 3 heterocycles. The van der Waals surface area contributed by atoms with Gasteiger partial charge in [0.25, 0.3) is 5.56 Å². The number of rotatable bonds is 6. The first kappa shape index (κ1) is 17.9. The van der Waals surface area contributed by atoms with Crippen LogP contribution in [0.5, 0.6) is 5.75 Å². The maximum absolute atomic E-state index is 12.7. The van der Waals surface area contributed by atoms with E-state index in [1.807, 2.05) is 6.92 Å². The summed E-state index contributed by atoms with van der Waals surface area (Å²) in [4.78, 5) is 43.6. The number of ether oxygens (including phenoxy) is 1. The van der Waals surface area contributed by atoms with Crippen molar-refractivity contribution in [3.63, 3.8) is 0 Å². The maximum Gasteiger partial charge on any atom is 0.346 e. The average Bonchev–Trinajstić information content (AvgIpc) is 2.94. The lowest BCUT2D eigenvalue weighted by molar-refractivity contribution is 0.0701. The summed E-state index contributed by atoms with van der Waals surface area (Å²) >= 11 is 0.975. The SMILES string of the molecule is CCCOc1c[nH]c(Cn2cnc3sc(C(=O)O)c(C)c3c2=O)cc1=O. The second kappa shape index (κ2) is 7.12. The number of hydrogen-bond donors (Lipinski definition) is 2. The summed E-state index contributed by atoms with van der Waals surface area (Å²) in [6.07, 6.45) is 3.62. The van der Waals surface area contributed by atoms with Gasteiger partial charge in [0.05, 0.1) is 24.9 Å². The summed E-state index contributed by atoms with van der Waals surface area (Å²) in [5, 5.41) is 9.49. The Kier molecular flexibility index (Phi) is 4.90. The number of carboxylic acid groups (broad SMARTS) is 1. The molecular weight excluding hydrogens is 358 g/mol. The van der Waals surface area contributed by atoms with Gasteiger partial charge in [0, 0.05) is 18.0 Å². The molecule has 0 saturated heterocycles. The molecular formula is C17H17N3O5S. The molecule has 0 spiro atoms. The third-order valence-electron chi connectivity index (χ3n) is 3.85. The van der Waals surface area contributed by atoms with E-state index in [0.717, 1.165) is 17.8 Å². The molecule has 0 saturated carbocycles. The Morgan fingerprint density at radius 1 is 1.42 bits per heavy atom. The Labute approximate surface area is 151 Å². The van der Waals surface area contributed by atoms with E-state index in [1.165, 1.54) is 23.2 Å². The summed E-state index contributed by atoms with van der Waals surface area (Å²) < 4.78 is 6.67. The number of fused-ring (bicyclic) bond motifs is 1. The zero-order valence-corrected chi connectivity index (χ0v) is 15.1. The minimum atomic E-state index is -1.08. The lowest BCUT2D eigenvalue weighted by Gasteiger charge is -2.08. The largest absolute Gasteiger partial charge is 0.488 e. The number of hydrogen-bond acceptors (Lipinski definition) is 6. The number of pyridine rings is 1. The van der Waals surface area contributed by atoms with Crippen molar-refractivity contribution < 1.29 is 14.6 Å². The number of aromatic nitrogens is 3. The van der Waals surface area contributed by atoms with Gasteiger partial charge < -0.3 is 14.8 Å². The van der Waals surface area contributed by atoms with E-state index in [1.54, 1.807) is 6.92 Å². The Morgan fingerprint density at radius 3 is 2.85 bits per heavy atom. The molecule has 3 rings (SSSR count). The zero-order valence-electron chi connectivity index (χ0n) is 14.2. The lowest BCUT2D eigenvalue weighted by Crippen LogP contribution is -2.22. The number of aromatic amines is 1. The topological polar surface area (TPSA) is 114 Å². The summed E-state index contributed by atoms with van der Waals surface area (Å²) in [6, 6.07) is 1.38. The predicted octanol–water partition coefficient (Wildman–Crippen LogP) is 1.99. The number of nitrogens with one attached hydrogen (secondary N) is 1. The second-order valence-corrected chi connectivity index (χ2v) is 6.75. The van der Waals surface area contributed by atoms with Crippen molar-refractivity contribution >= 4 is 27.5 Å². The van der Waals surface area contributed by atoms with Crippen LogP contribution in [0.1, 0.15) is 34.3 Å². The summed E-state index contributed by atoms with van der Waals surface area (Å²) in [5.41, 5.74) is 0.312. The van der Waals surface area contributed by atoms with Gasteiger partial charge in [0.15, 0.2) is 5.75 Å². The standard InChI is InChI=1S/C17H17N3O5S/c1-3-4-25-12-6-18-10(5-11(12)21)7-20-8-19-15-13(16(20)22)9(2)14(26-15)17(23)24/h5-6,8H,3-4,7H2,1-2H3,(H,18,21)(H,23,24). The zero-order chi connectivity index (χ0) is 18.8. The van der Waals surface area contributed by atoms with Crippen LogP contribution in [0.4, 0.5) is 0 Å². The highest BCUT2D eigenvalue weighted by Gasteiger charge is 2.18. The van der Waals surface area contributed by atoms with Crippen LogP contribution < -0.4 is 15.7 Å². The molecule has 9 heteroatoms. The number of H-pyrrole nitrogens is 1. The van der Waals surface area contributed by atoms with Gasteiger partial charge in [-0.3, -0.25) is 14.2 Å². The van der Waals surface area contributed by atoms with Crippen LogP contribution in [0.25, 0.3) is 10.2 Å². The molecule has 0 fully saturated rings. The smallest absolute Gasteiger partial charge is 0.346 e. The third-order valence-corrected chi connectivity index (χ3v) is 5.04. The molecule has 0 aliphatic rings. The van der Waals surface area contributed by atoms with Gasteiger partial charge >= 0.3 is 5.97 Å². The molecule has 3 aromatic heterocycles. The monoisotopic (exact) mass is 375 g/mol. The number of thiophene rings is 1. The molecule has 0 atom stereocenters. The molecule has 0 aromatic carbocycles. The van der Waals surface area contributed by atoms with Crippen molar-refractivity contribution in [2.24, 2.45) is 0 Å². The van der Waals surface area contributed by atoms with E-state index in [0.29, 0.717) is 28.1 Å². The van der Waals surface area contributed by atoms with Gasteiger partial charge in [-0.2, -0.15) is 0 Å². The quantitative estimate of drug-likeness (QED) is 0.681. The number of carbonyl (C=O) groups is 1. The van der Waals surface area contributed by atoms with Crippen molar-refractivity contribution in [3.8, 4) is 5.75 Å². The fraction of sp³-hybridized carbons (Fsp3) is 0.294. The van der Waals surface area contributed by atoms with Gasteiger partial charge in [-0.1, -0.05) is 6.92 Å². The molecule has 26 heavy (non-hydrogen) atoms. The van der Waals surface area contributed by atoms with E-state index in [-0.39, 0.29) is 28.2 Å². The predicted molar refractivity (Wildman–Crippen MR) is 97.5 cm³/mol. The first-order valence-corrected chi connectivity index (χ1v) is 8.80. The lowest BCUT2D eigenvalue weighted by atomic mass is 10.2. The van der Waals surface area contributed by atoms with Crippen LogP contribution in [-0.2, 0) is 6.54 Å². The van der Waals surface area contributed by atoms with Gasteiger partial charge in [-0.25, -0.2) is 9.78 Å². The molecule has 3 aromatic rings. The van der Waals surface area contributed by atoms with Crippen molar-refractivity contribution in [1.29, 1.82) is 0 Å². The van der Waals surface area contributed by atoms with Gasteiger partial charge in [-0.15, -0.1) is 11.3 Å². The first-order chi connectivity index (χ1) is 12.4. The third kappa shape index (κ3) is 3.25. The molecule has 136 valence electrons. The molecule has 0 unspecified atom stereocenters. The van der Waals surface area contributed by atoms with Crippen LogP contribution in [0.15, 0.2) is 28.2 Å². The molecule has 0 amide bonds. The van der Waals surface area contributed by atoms with E-state index < -0.39 is 5.97 Å². The molecule has 0 radical (unpaired) electrons. The fourth-order valence-corrected chi connectivity index (χ4v) is 3.55. The Hall–Kier alpha value is -2.94. The highest BCUT2D eigenvalue weighted by molar-refractivity contribution is 7.20. The van der Waals surface area contributed by atoms with E-state index in [4.69, 9.17) is 4.74 Å². The minimum Gasteiger partial charge on any atom is -0.488 e. The van der Waals surface area contributed by atoms with Crippen LogP contribution in [0.3, 0.4) is 0 Å². The van der Waals surface area contributed by atoms with Crippen LogP contribution in [0.2, 0.25) is 0 Å². The minimum absolute atomic E-state index is 0.105. The molecule has 0 aliphatic heterocycles. The molecule has 0 bridgehead atoms. The highest BCUT2D eigenvalue weighted by Crippen LogP contribution is 2.26. The van der Waals surface area contributed by atoms with Crippen molar-refractivity contribution in [2.45, 2.75) is 26.8 Å². The Balaban J connectivity index is 1.97. The molecule has 2 N–H and O–H groups in total. The molecule has 0 aliphatic carbocycles. The van der Waals surface area contributed by atoms with Gasteiger partial charge in [-0.05, 0) is 18.9 Å². The number of carboxylic acids is 1. The Morgan fingerprint density at radius 2 is 2.19 bits per heavy atom. The summed E-state index contributed by atoms with van der Waals surface area (Å²) in [5.74, 6) is -0.847. The maximum atomic E-state index is 12.7. The van der Waals surface area contributed by atoms with Gasteiger partial charge in [0.2, 0.25) is 5.43 Å². The number of aromatic carboxylic acids is 1. The van der Waals surface area contributed by atoms with Crippen molar-refractivity contribution in [2.75, 3.05) is 6.61 Å². The van der Waals surface area contributed by atoms with E-state index >= 15 is 0 Å². The number of aryl methyl sites for hydroxylation is 1. The fourth-order valence-electron chi connectivity index (χ4n) is 2.58. The van der Waals surface area contributed by atoms with Gasteiger partial charge in [0.1, 0.15) is 9.71 Å². The van der Waals surface area contributed by atoms with E-state index in [9.17, 15) is 19.5 Å². The highest BCUT2D eigenvalue weighted by atomic mass is 32.1. The first-order valence-electron chi connectivity index (χ1n) is 7.98. The van der Waals surface area contributed by atoms with E-state index in [2.05, 4.69) is 9.97 Å². The number of nitrogens with zero attached hydrogens (tertiary/aromatic N) is 2. The normalized spacial score (nSPS) is 11.0.